The van der Waals surface area contributed by atoms with E-state index in [2.05, 4.69) is 11.9 Å². The molecule has 2 heteroatoms. The van der Waals surface area contributed by atoms with Gasteiger partial charge in [-0.15, -0.1) is 0 Å². The molecule has 0 aliphatic carbocycles. The number of benzene rings is 1. The Morgan fingerprint density at radius 1 is 1.50 bits per heavy atom. The van der Waals surface area contributed by atoms with Crippen molar-refractivity contribution in [3.8, 4) is 0 Å². The molecule has 0 heterocycles. The maximum absolute atomic E-state index is 13.3. The topological polar surface area (TPSA) is 12.0 Å². The van der Waals surface area contributed by atoms with Gasteiger partial charge in [-0.05, 0) is 25.5 Å². The first-order valence-electron chi connectivity index (χ1n) is 3.79. The number of nitrogens with one attached hydrogen (secondary N) is 1. The second kappa shape index (κ2) is 3.39. The first kappa shape index (κ1) is 8.78. The highest BCUT2D eigenvalue weighted by atomic mass is 19.1. The molecule has 0 aliphatic rings. The molecule has 0 radical (unpaired) electrons. The summed E-state index contributed by atoms with van der Waals surface area (Å²) in [6.07, 6.45) is 0. The SMILES string of the molecule is C=C(C)Nc1cccc(C)c1F. The van der Waals surface area contributed by atoms with E-state index in [1.165, 1.54) is 0 Å². The standard InChI is InChI=1S/C10H12FN/c1-7(2)12-9-6-4-5-8(3)10(9)11/h4-6,12H,1H2,2-3H3. The fraction of sp³-hybridized carbons (Fsp3) is 0.200. The summed E-state index contributed by atoms with van der Waals surface area (Å²) in [6.45, 7) is 7.17. The van der Waals surface area contributed by atoms with E-state index < -0.39 is 0 Å². The van der Waals surface area contributed by atoms with Crippen LogP contribution in [0, 0.1) is 12.7 Å². The Balaban J connectivity index is 3.00. The minimum absolute atomic E-state index is 0.208. The third-order valence-corrected chi connectivity index (χ3v) is 1.54. The van der Waals surface area contributed by atoms with Crippen molar-refractivity contribution in [3.63, 3.8) is 0 Å². The first-order valence-corrected chi connectivity index (χ1v) is 3.79. The van der Waals surface area contributed by atoms with Crippen molar-refractivity contribution >= 4 is 5.69 Å². The molecule has 0 spiro atoms. The van der Waals surface area contributed by atoms with E-state index in [0.717, 1.165) is 5.70 Å². The van der Waals surface area contributed by atoms with E-state index in [4.69, 9.17) is 0 Å². The van der Waals surface area contributed by atoms with Gasteiger partial charge in [0.2, 0.25) is 0 Å². The Morgan fingerprint density at radius 2 is 2.17 bits per heavy atom. The maximum Gasteiger partial charge on any atom is 0.149 e. The monoisotopic (exact) mass is 165 g/mol. The zero-order chi connectivity index (χ0) is 9.14. The molecule has 64 valence electrons. The van der Waals surface area contributed by atoms with Gasteiger partial charge in [0.05, 0.1) is 5.69 Å². The van der Waals surface area contributed by atoms with Gasteiger partial charge >= 0.3 is 0 Å². The Hall–Kier alpha value is -1.31. The molecule has 0 saturated heterocycles. The lowest BCUT2D eigenvalue weighted by atomic mass is 10.2. The summed E-state index contributed by atoms with van der Waals surface area (Å²) in [5.74, 6) is -0.208. The molecule has 1 aromatic rings. The van der Waals surface area contributed by atoms with Crippen molar-refractivity contribution in [1.29, 1.82) is 0 Å². The number of halogens is 1. The van der Waals surface area contributed by atoms with Gasteiger partial charge in [-0.1, -0.05) is 18.7 Å². The van der Waals surface area contributed by atoms with E-state index in [1.54, 1.807) is 26.0 Å². The van der Waals surface area contributed by atoms with Crippen LogP contribution < -0.4 is 5.32 Å². The number of hydrogen-bond donors (Lipinski definition) is 1. The van der Waals surface area contributed by atoms with Gasteiger partial charge in [0.15, 0.2) is 0 Å². The van der Waals surface area contributed by atoms with E-state index in [1.807, 2.05) is 6.07 Å². The summed E-state index contributed by atoms with van der Waals surface area (Å²) in [4.78, 5) is 0. The van der Waals surface area contributed by atoms with Gasteiger partial charge < -0.3 is 5.32 Å². The fourth-order valence-electron chi connectivity index (χ4n) is 0.974. The minimum Gasteiger partial charge on any atom is -0.357 e. The zero-order valence-electron chi connectivity index (χ0n) is 7.32. The number of anilines is 1. The predicted molar refractivity (Wildman–Crippen MR) is 49.6 cm³/mol. The Labute approximate surface area is 71.9 Å². The minimum atomic E-state index is -0.208. The molecule has 0 unspecified atom stereocenters. The summed E-state index contributed by atoms with van der Waals surface area (Å²) in [5.41, 5.74) is 1.86. The quantitative estimate of drug-likeness (QED) is 0.710. The van der Waals surface area contributed by atoms with Crippen molar-refractivity contribution in [3.05, 3.63) is 41.9 Å². The van der Waals surface area contributed by atoms with Gasteiger partial charge in [0.25, 0.3) is 0 Å². The van der Waals surface area contributed by atoms with Crippen molar-refractivity contribution in [2.24, 2.45) is 0 Å². The molecule has 0 saturated carbocycles. The molecule has 1 aromatic carbocycles. The van der Waals surface area contributed by atoms with E-state index >= 15 is 0 Å². The second-order valence-electron chi connectivity index (χ2n) is 2.84. The Kier molecular flexibility index (Phi) is 2.48. The van der Waals surface area contributed by atoms with Crippen LogP contribution in [0.5, 0.6) is 0 Å². The molecular formula is C10H12FN. The number of rotatable bonds is 2. The van der Waals surface area contributed by atoms with Crippen molar-refractivity contribution in [2.75, 3.05) is 5.32 Å². The lowest BCUT2D eigenvalue weighted by Gasteiger charge is -2.07. The van der Waals surface area contributed by atoms with Crippen LogP contribution in [-0.4, -0.2) is 0 Å². The second-order valence-corrected chi connectivity index (χ2v) is 2.84. The van der Waals surface area contributed by atoms with Crippen LogP contribution in [-0.2, 0) is 0 Å². The highest BCUT2D eigenvalue weighted by molar-refractivity contribution is 5.50. The van der Waals surface area contributed by atoms with Crippen molar-refractivity contribution < 1.29 is 4.39 Å². The predicted octanol–water partition coefficient (Wildman–Crippen LogP) is 3.08. The van der Waals surface area contributed by atoms with Gasteiger partial charge in [-0.2, -0.15) is 0 Å². The van der Waals surface area contributed by atoms with Crippen LogP contribution in [0.25, 0.3) is 0 Å². The maximum atomic E-state index is 13.3. The van der Waals surface area contributed by atoms with Crippen LogP contribution in [0.4, 0.5) is 10.1 Å². The van der Waals surface area contributed by atoms with E-state index in [9.17, 15) is 4.39 Å². The smallest absolute Gasteiger partial charge is 0.149 e. The Bertz CT molecular complexity index is 305. The highest BCUT2D eigenvalue weighted by Gasteiger charge is 2.02. The summed E-state index contributed by atoms with van der Waals surface area (Å²) in [6, 6.07) is 5.24. The third-order valence-electron chi connectivity index (χ3n) is 1.54. The average molecular weight is 165 g/mol. The van der Waals surface area contributed by atoms with Gasteiger partial charge in [0.1, 0.15) is 5.82 Å². The van der Waals surface area contributed by atoms with E-state index in [0.29, 0.717) is 11.3 Å². The zero-order valence-corrected chi connectivity index (χ0v) is 7.32. The molecule has 0 atom stereocenters. The van der Waals surface area contributed by atoms with Crippen LogP contribution in [0.3, 0.4) is 0 Å². The highest BCUT2D eigenvalue weighted by Crippen LogP contribution is 2.17. The van der Waals surface area contributed by atoms with Crippen LogP contribution in [0.2, 0.25) is 0 Å². The first-order chi connectivity index (χ1) is 5.61. The molecule has 0 amide bonds. The van der Waals surface area contributed by atoms with Gasteiger partial charge in [-0.3, -0.25) is 0 Å². The number of hydrogen-bond acceptors (Lipinski definition) is 1. The molecule has 0 aromatic heterocycles. The van der Waals surface area contributed by atoms with Crippen molar-refractivity contribution in [1.82, 2.24) is 0 Å². The largest absolute Gasteiger partial charge is 0.357 e. The van der Waals surface area contributed by atoms with Crippen LogP contribution in [0.15, 0.2) is 30.5 Å². The molecule has 0 fully saturated rings. The molecule has 0 aliphatic heterocycles. The summed E-state index contributed by atoms with van der Waals surface area (Å²) >= 11 is 0. The number of allylic oxidation sites excluding steroid dienone is 1. The van der Waals surface area contributed by atoms with E-state index in [-0.39, 0.29) is 5.82 Å². The molecule has 1 nitrogen and oxygen atoms in total. The lowest BCUT2D eigenvalue weighted by Crippen LogP contribution is -1.97. The molecule has 1 rings (SSSR count). The lowest BCUT2D eigenvalue weighted by molar-refractivity contribution is 0.622. The molecular weight excluding hydrogens is 153 g/mol. The van der Waals surface area contributed by atoms with Gasteiger partial charge in [0, 0.05) is 5.70 Å². The summed E-state index contributed by atoms with van der Waals surface area (Å²) < 4.78 is 13.3. The summed E-state index contributed by atoms with van der Waals surface area (Å²) in [5, 5.41) is 2.84. The van der Waals surface area contributed by atoms with Crippen molar-refractivity contribution in [2.45, 2.75) is 13.8 Å². The Morgan fingerprint density at radius 3 is 2.75 bits per heavy atom. The average Bonchev–Trinajstić information content (AvgIpc) is 1.98. The molecule has 12 heavy (non-hydrogen) atoms. The van der Waals surface area contributed by atoms with Crippen LogP contribution in [0.1, 0.15) is 12.5 Å². The summed E-state index contributed by atoms with van der Waals surface area (Å²) in [7, 11) is 0. The fourth-order valence-corrected chi connectivity index (χ4v) is 0.974. The van der Waals surface area contributed by atoms with Crippen LogP contribution >= 0.6 is 0 Å². The normalized spacial score (nSPS) is 9.58. The molecule has 0 bridgehead atoms. The molecule has 1 N–H and O–H groups in total. The number of aryl methyl sites for hydroxylation is 1. The van der Waals surface area contributed by atoms with Gasteiger partial charge in [-0.25, -0.2) is 4.39 Å². The third kappa shape index (κ3) is 1.84.